The lowest BCUT2D eigenvalue weighted by atomic mass is 9.93. The van der Waals surface area contributed by atoms with Crippen molar-refractivity contribution in [3.05, 3.63) is 52.5 Å². The van der Waals surface area contributed by atoms with Gasteiger partial charge >= 0.3 is 0 Å². The third kappa shape index (κ3) is 4.46. The van der Waals surface area contributed by atoms with Gasteiger partial charge in [0.25, 0.3) is 5.91 Å². The molecule has 1 aromatic carbocycles. The van der Waals surface area contributed by atoms with Crippen LogP contribution in [-0.4, -0.2) is 40.0 Å². The van der Waals surface area contributed by atoms with Crippen LogP contribution in [0.2, 0.25) is 0 Å². The maximum absolute atomic E-state index is 14.0. The van der Waals surface area contributed by atoms with E-state index in [1.165, 1.54) is 17.7 Å². The number of hydrogen-bond acceptors (Lipinski definition) is 4. The first-order valence-electron chi connectivity index (χ1n) is 12.8. The van der Waals surface area contributed by atoms with Gasteiger partial charge in [0.15, 0.2) is 0 Å². The Morgan fingerprint density at radius 2 is 1.94 bits per heavy atom. The second kappa shape index (κ2) is 9.69. The second-order valence-corrected chi connectivity index (χ2v) is 11.3. The summed E-state index contributed by atoms with van der Waals surface area (Å²) in [5.41, 5.74) is 1.67. The van der Waals surface area contributed by atoms with Gasteiger partial charge in [-0.05, 0) is 56.0 Å². The van der Waals surface area contributed by atoms with Crippen molar-refractivity contribution in [2.75, 3.05) is 7.11 Å². The van der Waals surface area contributed by atoms with Crippen molar-refractivity contribution in [3.8, 4) is 5.75 Å². The molecule has 2 aliphatic rings. The fourth-order valence-corrected chi connectivity index (χ4v) is 6.57. The summed E-state index contributed by atoms with van der Waals surface area (Å²) in [7, 11) is 1.64. The number of rotatable bonds is 6. The number of aryl methyl sites for hydroxylation is 1. The standard InChI is InChI=1S/C28H35N3O3S/c1-4-22-15-23-25(35-22)16-24-26(32)31(17-19-10-9-13-21(14-19)34-3)28(2,18-30(23)24)27(33)29-20-11-7-5-6-8-12-20/h9-10,13-16,20H,4-8,11-12,17-18H2,1-3H3,(H,29,33). The van der Waals surface area contributed by atoms with E-state index in [0.717, 1.165) is 53.6 Å². The summed E-state index contributed by atoms with van der Waals surface area (Å²) in [6, 6.07) is 12.1. The Labute approximate surface area is 211 Å². The van der Waals surface area contributed by atoms with E-state index in [1.54, 1.807) is 23.3 Å². The quantitative estimate of drug-likeness (QED) is 0.460. The summed E-state index contributed by atoms with van der Waals surface area (Å²) in [6.07, 6.45) is 7.73. The van der Waals surface area contributed by atoms with Gasteiger partial charge in [-0.2, -0.15) is 0 Å². The van der Waals surface area contributed by atoms with E-state index in [2.05, 4.69) is 22.9 Å². The topological polar surface area (TPSA) is 63.6 Å². The predicted octanol–water partition coefficient (Wildman–Crippen LogP) is 5.53. The molecule has 0 spiro atoms. The van der Waals surface area contributed by atoms with Crippen molar-refractivity contribution in [1.29, 1.82) is 0 Å². The summed E-state index contributed by atoms with van der Waals surface area (Å²) in [6.45, 7) is 4.87. The number of benzene rings is 1. The van der Waals surface area contributed by atoms with Gasteiger partial charge < -0.3 is 19.5 Å². The van der Waals surface area contributed by atoms with Crippen molar-refractivity contribution in [3.63, 3.8) is 0 Å². The first-order chi connectivity index (χ1) is 16.9. The summed E-state index contributed by atoms with van der Waals surface area (Å²) in [5, 5.41) is 3.35. The molecule has 1 N–H and O–H groups in total. The van der Waals surface area contributed by atoms with E-state index in [0.29, 0.717) is 18.8 Å². The Morgan fingerprint density at radius 1 is 1.17 bits per heavy atom. The van der Waals surface area contributed by atoms with Gasteiger partial charge in [-0.1, -0.05) is 44.7 Å². The number of hydrogen-bond donors (Lipinski definition) is 1. The lowest BCUT2D eigenvalue weighted by Crippen LogP contribution is -2.64. The van der Waals surface area contributed by atoms with E-state index < -0.39 is 5.54 Å². The third-order valence-corrected chi connectivity index (χ3v) is 8.89. The molecule has 1 saturated carbocycles. The van der Waals surface area contributed by atoms with Crippen LogP contribution in [0.4, 0.5) is 0 Å². The number of thiophene rings is 1. The van der Waals surface area contributed by atoms with Crippen LogP contribution in [0.25, 0.3) is 10.2 Å². The minimum absolute atomic E-state index is 0.0564. The molecule has 6 nitrogen and oxygen atoms in total. The Morgan fingerprint density at radius 3 is 2.66 bits per heavy atom. The second-order valence-electron chi connectivity index (χ2n) is 10.1. The number of ether oxygens (including phenoxy) is 1. The molecule has 0 saturated heterocycles. The summed E-state index contributed by atoms with van der Waals surface area (Å²) >= 11 is 1.73. The number of nitrogens with one attached hydrogen (secondary N) is 1. The molecule has 0 radical (unpaired) electrons. The van der Waals surface area contributed by atoms with Crippen LogP contribution in [-0.2, 0) is 24.3 Å². The molecule has 1 atom stereocenters. The minimum Gasteiger partial charge on any atom is -0.497 e. The zero-order valence-electron chi connectivity index (χ0n) is 20.9. The average Bonchev–Trinajstić information content (AvgIpc) is 3.30. The van der Waals surface area contributed by atoms with Crippen LogP contribution >= 0.6 is 11.3 Å². The van der Waals surface area contributed by atoms with Crippen LogP contribution in [0.1, 0.15) is 73.3 Å². The van der Waals surface area contributed by atoms with Gasteiger partial charge in [-0.25, -0.2) is 0 Å². The highest BCUT2D eigenvalue weighted by molar-refractivity contribution is 7.19. The monoisotopic (exact) mass is 493 g/mol. The lowest BCUT2D eigenvalue weighted by Gasteiger charge is -2.44. The Bertz CT molecular complexity index is 1240. The van der Waals surface area contributed by atoms with E-state index in [1.807, 2.05) is 37.3 Å². The molecule has 3 aromatic rings. The molecule has 1 unspecified atom stereocenters. The number of amides is 2. The molecule has 2 aromatic heterocycles. The Hall–Kier alpha value is -2.80. The number of aromatic nitrogens is 1. The highest BCUT2D eigenvalue weighted by Gasteiger charge is 2.48. The lowest BCUT2D eigenvalue weighted by molar-refractivity contribution is -0.134. The molecule has 5 rings (SSSR count). The van der Waals surface area contributed by atoms with Gasteiger partial charge in [0, 0.05) is 17.5 Å². The molecular weight excluding hydrogens is 458 g/mol. The zero-order valence-corrected chi connectivity index (χ0v) is 21.7. The highest BCUT2D eigenvalue weighted by atomic mass is 32.1. The van der Waals surface area contributed by atoms with E-state index in [-0.39, 0.29) is 17.9 Å². The van der Waals surface area contributed by atoms with E-state index in [4.69, 9.17) is 4.74 Å². The first kappa shape index (κ1) is 23.9. The van der Waals surface area contributed by atoms with Gasteiger partial charge in [0.1, 0.15) is 17.0 Å². The number of methoxy groups -OCH3 is 1. The number of nitrogens with zero attached hydrogens (tertiary/aromatic N) is 2. The van der Waals surface area contributed by atoms with Crippen molar-refractivity contribution in [2.24, 2.45) is 0 Å². The molecular formula is C28H35N3O3S. The fraction of sp³-hybridized carbons (Fsp3) is 0.500. The zero-order chi connectivity index (χ0) is 24.6. The van der Waals surface area contributed by atoms with Gasteiger partial charge in [0.2, 0.25) is 5.91 Å². The van der Waals surface area contributed by atoms with Crippen LogP contribution in [0.3, 0.4) is 0 Å². The van der Waals surface area contributed by atoms with Gasteiger partial charge in [-0.15, -0.1) is 11.3 Å². The number of carbonyl (C=O) groups excluding carboxylic acids is 2. The molecule has 186 valence electrons. The highest BCUT2D eigenvalue weighted by Crippen LogP contribution is 2.37. The van der Waals surface area contributed by atoms with Gasteiger partial charge in [0.05, 0.1) is 23.9 Å². The summed E-state index contributed by atoms with van der Waals surface area (Å²) < 4.78 is 8.59. The normalized spacial score (nSPS) is 21.1. The Balaban J connectivity index is 1.53. The van der Waals surface area contributed by atoms with E-state index >= 15 is 0 Å². The SMILES string of the molecule is CCc1cc2c(cc3n2CC(C)(C(=O)NC2CCCCCC2)N(Cc2cccc(OC)c2)C3=O)s1. The van der Waals surface area contributed by atoms with Crippen molar-refractivity contribution in [2.45, 2.75) is 83.5 Å². The number of carbonyl (C=O) groups is 2. The molecule has 1 fully saturated rings. The molecule has 2 amide bonds. The van der Waals surface area contributed by atoms with Gasteiger partial charge in [-0.3, -0.25) is 9.59 Å². The molecule has 7 heteroatoms. The molecule has 35 heavy (non-hydrogen) atoms. The average molecular weight is 494 g/mol. The molecule has 0 bridgehead atoms. The molecule has 3 heterocycles. The summed E-state index contributed by atoms with van der Waals surface area (Å²) in [5.74, 6) is 0.589. The smallest absolute Gasteiger partial charge is 0.271 e. The largest absolute Gasteiger partial charge is 0.497 e. The molecule has 1 aliphatic carbocycles. The first-order valence-corrected chi connectivity index (χ1v) is 13.6. The van der Waals surface area contributed by atoms with Crippen molar-refractivity contribution < 1.29 is 14.3 Å². The van der Waals surface area contributed by atoms with Crippen LogP contribution < -0.4 is 10.1 Å². The van der Waals surface area contributed by atoms with Crippen LogP contribution in [0.5, 0.6) is 5.75 Å². The number of fused-ring (bicyclic) bond motifs is 3. The maximum atomic E-state index is 14.0. The van der Waals surface area contributed by atoms with E-state index in [9.17, 15) is 9.59 Å². The minimum atomic E-state index is -1.00. The van der Waals surface area contributed by atoms with Crippen LogP contribution in [0.15, 0.2) is 36.4 Å². The summed E-state index contributed by atoms with van der Waals surface area (Å²) in [4.78, 5) is 31.0. The Kier molecular flexibility index (Phi) is 6.62. The third-order valence-electron chi connectivity index (χ3n) is 7.67. The van der Waals surface area contributed by atoms with Crippen molar-refractivity contribution >= 4 is 33.4 Å². The fourth-order valence-electron chi connectivity index (χ4n) is 5.53. The maximum Gasteiger partial charge on any atom is 0.271 e. The van der Waals surface area contributed by atoms with Crippen molar-refractivity contribution in [1.82, 2.24) is 14.8 Å². The molecule has 1 aliphatic heterocycles. The predicted molar refractivity (Wildman–Crippen MR) is 140 cm³/mol. The van der Waals surface area contributed by atoms with Crippen LogP contribution in [0, 0.1) is 0 Å².